The summed E-state index contributed by atoms with van der Waals surface area (Å²) in [6.45, 7) is 4.28. The summed E-state index contributed by atoms with van der Waals surface area (Å²) in [5.41, 5.74) is 0. The maximum Gasteiger partial charge on any atom is 0.205 e. The number of aromatic nitrogens is 3. The van der Waals surface area contributed by atoms with Gasteiger partial charge in [0, 0.05) is 19.2 Å². The van der Waals surface area contributed by atoms with Gasteiger partial charge in [0.2, 0.25) is 5.13 Å². The SMILES string of the molecule is CNc1nnc(-c2cnc(C(C)C)s2)s1. The quantitative estimate of drug-likeness (QED) is 0.896. The van der Waals surface area contributed by atoms with Crippen LogP contribution in [0.1, 0.15) is 24.8 Å². The average Bonchev–Trinajstić information content (AvgIpc) is 2.86. The molecule has 0 atom stereocenters. The predicted octanol–water partition coefficient (Wildman–Crippen LogP) is 2.83. The fourth-order valence-corrected chi connectivity index (χ4v) is 2.73. The van der Waals surface area contributed by atoms with Gasteiger partial charge in [-0.15, -0.1) is 21.5 Å². The van der Waals surface area contributed by atoms with Crippen molar-refractivity contribution in [3.63, 3.8) is 0 Å². The smallest absolute Gasteiger partial charge is 0.205 e. The van der Waals surface area contributed by atoms with Gasteiger partial charge in [0.15, 0.2) is 5.01 Å². The third-order valence-electron chi connectivity index (χ3n) is 1.87. The Balaban J connectivity index is 2.28. The van der Waals surface area contributed by atoms with Crippen molar-refractivity contribution in [2.24, 2.45) is 0 Å². The highest BCUT2D eigenvalue weighted by atomic mass is 32.1. The van der Waals surface area contributed by atoms with Crippen LogP contribution in [0, 0.1) is 0 Å². The predicted molar refractivity (Wildman–Crippen MR) is 64.7 cm³/mol. The first-order chi connectivity index (χ1) is 7.20. The molecule has 0 aliphatic heterocycles. The first-order valence-electron chi connectivity index (χ1n) is 4.68. The largest absolute Gasteiger partial charge is 0.363 e. The van der Waals surface area contributed by atoms with Crippen LogP contribution < -0.4 is 5.32 Å². The van der Waals surface area contributed by atoms with Crippen molar-refractivity contribution in [3.8, 4) is 9.88 Å². The second kappa shape index (κ2) is 4.24. The van der Waals surface area contributed by atoms with Crippen LogP contribution in [0.15, 0.2) is 6.20 Å². The molecule has 6 heteroatoms. The van der Waals surface area contributed by atoms with Crippen LogP contribution in [0.3, 0.4) is 0 Å². The topological polar surface area (TPSA) is 50.7 Å². The molecule has 0 aliphatic rings. The van der Waals surface area contributed by atoms with Crippen LogP contribution in [-0.2, 0) is 0 Å². The molecule has 0 fully saturated rings. The van der Waals surface area contributed by atoms with E-state index in [0.717, 1.165) is 20.0 Å². The van der Waals surface area contributed by atoms with Crippen molar-refractivity contribution in [1.29, 1.82) is 0 Å². The van der Waals surface area contributed by atoms with E-state index in [1.165, 1.54) is 0 Å². The highest BCUT2D eigenvalue weighted by molar-refractivity contribution is 7.23. The van der Waals surface area contributed by atoms with Crippen LogP contribution in [0.2, 0.25) is 0 Å². The van der Waals surface area contributed by atoms with Crippen molar-refractivity contribution >= 4 is 27.8 Å². The lowest BCUT2D eigenvalue weighted by Crippen LogP contribution is -1.84. The number of hydrogen-bond acceptors (Lipinski definition) is 6. The number of rotatable bonds is 3. The summed E-state index contributed by atoms with van der Waals surface area (Å²) in [7, 11) is 1.84. The van der Waals surface area contributed by atoms with Crippen molar-refractivity contribution in [1.82, 2.24) is 15.2 Å². The Morgan fingerprint density at radius 3 is 2.60 bits per heavy atom. The highest BCUT2D eigenvalue weighted by Gasteiger charge is 2.11. The summed E-state index contributed by atoms with van der Waals surface area (Å²) >= 11 is 3.24. The fourth-order valence-electron chi connectivity index (χ4n) is 1.08. The van der Waals surface area contributed by atoms with Gasteiger partial charge in [-0.25, -0.2) is 4.98 Å². The zero-order valence-corrected chi connectivity index (χ0v) is 10.4. The number of thiazole rings is 1. The first kappa shape index (κ1) is 10.5. The number of nitrogens with one attached hydrogen (secondary N) is 1. The van der Waals surface area contributed by atoms with Gasteiger partial charge in [0.1, 0.15) is 0 Å². The molecule has 0 aromatic carbocycles. The van der Waals surface area contributed by atoms with Gasteiger partial charge >= 0.3 is 0 Å². The maximum atomic E-state index is 4.36. The van der Waals surface area contributed by atoms with Gasteiger partial charge in [-0.3, -0.25) is 0 Å². The third-order valence-corrected chi connectivity index (χ3v) is 4.27. The van der Waals surface area contributed by atoms with E-state index in [2.05, 4.69) is 34.3 Å². The van der Waals surface area contributed by atoms with E-state index in [9.17, 15) is 0 Å². The minimum Gasteiger partial charge on any atom is -0.363 e. The van der Waals surface area contributed by atoms with Crippen molar-refractivity contribution in [2.75, 3.05) is 12.4 Å². The summed E-state index contributed by atoms with van der Waals surface area (Å²) in [6.07, 6.45) is 1.87. The molecule has 0 aliphatic carbocycles. The van der Waals surface area contributed by atoms with E-state index < -0.39 is 0 Å². The Morgan fingerprint density at radius 1 is 1.27 bits per heavy atom. The molecule has 0 bridgehead atoms. The molecule has 0 saturated carbocycles. The Labute approximate surface area is 96.4 Å². The monoisotopic (exact) mass is 240 g/mol. The third kappa shape index (κ3) is 2.15. The number of anilines is 1. The molecular weight excluding hydrogens is 228 g/mol. The van der Waals surface area contributed by atoms with Crippen molar-refractivity contribution in [3.05, 3.63) is 11.2 Å². The van der Waals surface area contributed by atoms with Gasteiger partial charge in [0.05, 0.1) is 9.88 Å². The molecule has 2 heterocycles. The Bertz CT molecular complexity index is 446. The van der Waals surface area contributed by atoms with Crippen LogP contribution in [-0.4, -0.2) is 22.2 Å². The summed E-state index contributed by atoms with van der Waals surface area (Å²) in [5.74, 6) is 0.473. The van der Waals surface area contributed by atoms with E-state index in [4.69, 9.17) is 0 Å². The highest BCUT2D eigenvalue weighted by Crippen LogP contribution is 2.32. The molecule has 4 nitrogen and oxygen atoms in total. The van der Waals surface area contributed by atoms with E-state index in [-0.39, 0.29) is 0 Å². The van der Waals surface area contributed by atoms with Crippen molar-refractivity contribution in [2.45, 2.75) is 19.8 Å². The van der Waals surface area contributed by atoms with Gasteiger partial charge in [0.25, 0.3) is 0 Å². The molecule has 80 valence electrons. The lowest BCUT2D eigenvalue weighted by Gasteiger charge is -1.94. The molecule has 2 aromatic rings. The molecule has 0 unspecified atom stereocenters. The van der Waals surface area contributed by atoms with Gasteiger partial charge in [-0.1, -0.05) is 25.2 Å². The normalized spacial score (nSPS) is 10.9. The van der Waals surface area contributed by atoms with E-state index in [0.29, 0.717) is 5.92 Å². The zero-order valence-electron chi connectivity index (χ0n) is 8.81. The lowest BCUT2D eigenvalue weighted by molar-refractivity contribution is 0.852. The van der Waals surface area contributed by atoms with Crippen LogP contribution >= 0.6 is 22.7 Å². The average molecular weight is 240 g/mol. The maximum absolute atomic E-state index is 4.36. The number of hydrogen-bond donors (Lipinski definition) is 1. The summed E-state index contributed by atoms with van der Waals surface area (Å²) in [4.78, 5) is 5.46. The molecule has 2 aromatic heterocycles. The minimum absolute atomic E-state index is 0.473. The molecule has 0 amide bonds. The molecular formula is C9H12N4S2. The Hall–Kier alpha value is -1.01. The van der Waals surface area contributed by atoms with Gasteiger partial charge < -0.3 is 5.32 Å². The van der Waals surface area contributed by atoms with Crippen LogP contribution in [0.5, 0.6) is 0 Å². The zero-order chi connectivity index (χ0) is 10.8. The Morgan fingerprint density at radius 2 is 2.07 bits per heavy atom. The minimum atomic E-state index is 0.473. The van der Waals surface area contributed by atoms with E-state index in [1.54, 1.807) is 22.7 Å². The number of nitrogens with zero attached hydrogens (tertiary/aromatic N) is 3. The van der Waals surface area contributed by atoms with Crippen LogP contribution in [0.4, 0.5) is 5.13 Å². The van der Waals surface area contributed by atoms with Gasteiger partial charge in [-0.2, -0.15) is 0 Å². The second-order valence-electron chi connectivity index (χ2n) is 3.38. The molecule has 0 spiro atoms. The first-order valence-corrected chi connectivity index (χ1v) is 6.31. The van der Waals surface area contributed by atoms with Crippen LogP contribution in [0.25, 0.3) is 9.88 Å². The summed E-state index contributed by atoms with van der Waals surface area (Å²) < 4.78 is 0. The van der Waals surface area contributed by atoms with E-state index in [1.807, 2.05) is 13.2 Å². The molecule has 15 heavy (non-hydrogen) atoms. The summed E-state index contributed by atoms with van der Waals surface area (Å²) in [6, 6.07) is 0. The molecule has 2 rings (SSSR count). The molecule has 0 saturated heterocycles. The van der Waals surface area contributed by atoms with E-state index >= 15 is 0 Å². The summed E-state index contributed by atoms with van der Waals surface area (Å²) in [5, 5.41) is 14.0. The lowest BCUT2D eigenvalue weighted by atomic mass is 10.2. The molecule has 1 N–H and O–H groups in total. The standard InChI is InChI=1S/C9H12N4S2/c1-5(2)7-11-4-6(14-7)8-12-13-9(10-3)15-8/h4-5H,1-3H3,(H,10,13). The fraction of sp³-hybridized carbons (Fsp3) is 0.444. The van der Waals surface area contributed by atoms with Gasteiger partial charge in [-0.05, 0) is 0 Å². The van der Waals surface area contributed by atoms with Crippen molar-refractivity contribution < 1.29 is 0 Å². The second-order valence-corrected chi connectivity index (χ2v) is 5.42. The molecule has 0 radical (unpaired) electrons. The Kier molecular flexibility index (Phi) is 2.97.